The zero-order valence-electron chi connectivity index (χ0n) is 19.3. The third-order valence-electron chi connectivity index (χ3n) is 6.07. The second kappa shape index (κ2) is 10.7. The number of nitrogens with one attached hydrogen (secondary N) is 1. The lowest BCUT2D eigenvalue weighted by molar-refractivity contribution is -0.895. The van der Waals surface area contributed by atoms with E-state index in [9.17, 15) is 14.7 Å². The summed E-state index contributed by atoms with van der Waals surface area (Å²) in [5, 5.41) is 14.0. The summed E-state index contributed by atoms with van der Waals surface area (Å²) in [6, 6.07) is 10.6. The summed E-state index contributed by atoms with van der Waals surface area (Å²) in [6.45, 7) is 6.89. The SMILES string of the molecule is CC[NH+](CC)CCN1C(=O)C(=O)C(=C([O-])c2ccc(Cl)cc2)C1c1cccc(OC)c1OC. The molecule has 1 aliphatic rings. The third kappa shape index (κ3) is 4.84. The molecular weight excluding hydrogens is 444 g/mol. The van der Waals surface area contributed by atoms with Crippen molar-refractivity contribution in [3.63, 3.8) is 0 Å². The maximum atomic E-state index is 13.5. The molecule has 0 radical (unpaired) electrons. The van der Waals surface area contributed by atoms with Crippen LogP contribution in [0.25, 0.3) is 5.76 Å². The minimum absolute atomic E-state index is 0.0941. The number of likely N-dealkylation sites (N-methyl/N-ethyl adjacent to an activating group) is 1. The van der Waals surface area contributed by atoms with E-state index in [1.54, 1.807) is 42.5 Å². The van der Waals surface area contributed by atoms with E-state index in [0.717, 1.165) is 13.1 Å². The Bertz CT molecular complexity index is 1050. The number of methoxy groups -OCH3 is 2. The largest absolute Gasteiger partial charge is 0.872 e. The number of Topliss-reactive ketones (excluding diaryl/α,β-unsaturated/α-hetero) is 1. The summed E-state index contributed by atoms with van der Waals surface area (Å²) in [4.78, 5) is 29.1. The maximum Gasteiger partial charge on any atom is 0.295 e. The normalized spacial score (nSPS) is 17.6. The van der Waals surface area contributed by atoms with Crippen LogP contribution in [-0.2, 0) is 9.59 Å². The highest BCUT2D eigenvalue weighted by molar-refractivity contribution is 6.46. The van der Waals surface area contributed by atoms with Crippen molar-refractivity contribution in [2.45, 2.75) is 19.9 Å². The number of para-hydroxylation sites is 1. The van der Waals surface area contributed by atoms with Gasteiger partial charge in [-0.15, -0.1) is 0 Å². The van der Waals surface area contributed by atoms with Gasteiger partial charge < -0.3 is 24.4 Å². The van der Waals surface area contributed by atoms with Crippen LogP contribution in [0.2, 0.25) is 5.02 Å². The Kier molecular flexibility index (Phi) is 8.00. The van der Waals surface area contributed by atoms with Gasteiger partial charge in [-0.05, 0) is 37.6 Å². The van der Waals surface area contributed by atoms with Gasteiger partial charge in [-0.2, -0.15) is 0 Å². The van der Waals surface area contributed by atoms with E-state index in [0.29, 0.717) is 40.7 Å². The number of carbonyl (C=O) groups excluding carboxylic acids is 2. The van der Waals surface area contributed by atoms with Crippen LogP contribution in [0.4, 0.5) is 0 Å². The van der Waals surface area contributed by atoms with Crippen molar-refractivity contribution in [3.8, 4) is 11.5 Å². The number of ether oxygens (including phenoxy) is 2. The highest BCUT2D eigenvalue weighted by Gasteiger charge is 2.45. The van der Waals surface area contributed by atoms with Crippen LogP contribution in [0.3, 0.4) is 0 Å². The second-order valence-electron chi connectivity index (χ2n) is 7.77. The van der Waals surface area contributed by atoms with Crippen LogP contribution < -0.4 is 19.5 Å². The lowest BCUT2D eigenvalue weighted by Gasteiger charge is -2.29. The summed E-state index contributed by atoms with van der Waals surface area (Å²) in [5.41, 5.74) is 0.727. The summed E-state index contributed by atoms with van der Waals surface area (Å²) < 4.78 is 11.0. The van der Waals surface area contributed by atoms with Gasteiger partial charge in [0.1, 0.15) is 0 Å². The number of quaternary nitrogens is 1. The molecule has 1 heterocycles. The van der Waals surface area contributed by atoms with Crippen molar-refractivity contribution in [3.05, 3.63) is 64.2 Å². The van der Waals surface area contributed by atoms with Gasteiger partial charge in [0.25, 0.3) is 5.91 Å². The molecule has 0 spiro atoms. The molecule has 0 saturated carbocycles. The molecule has 1 atom stereocenters. The first-order chi connectivity index (χ1) is 15.9. The Balaban J connectivity index is 2.19. The van der Waals surface area contributed by atoms with Crippen molar-refractivity contribution in [2.75, 3.05) is 40.4 Å². The van der Waals surface area contributed by atoms with Crippen molar-refractivity contribution in [2.24, 2.45) is 0 Å². The van der Waals surface area contributed by atoms with E-state index >= 15 is 0 Å². The van der Waals surface area contributed by atoms with E-state index in [2.05, 4.69) is 13.8 Å². The molecule has 2 aromatic carbocycles. The van der Waals surface area contributed by atoms with Gasteiger partial charge in [0, 0.05) is 16.2 Å². The van der Waals surface area contributed by atoms with Crippen molar-refractivity contribution in [1.29, 1.82) is 0 Å². The second-order valence-corrected chi connectivity index (χ2v) is 8.21. The van der Waals surface area contributed by atoms with Gasteiger partial charge in [0.2, 0.25) is 5.78 Å². The van der Waals surface area contributed by atoms with Gasteiger partial charge in [0.15, 0.2) is 11.5 Å². The molecule has 0 aliphatic carbocycles. The molecule has 1 fully saturated rings. The fourth-order valence-corrected chi connectivity index (χ4v) is 4.32. The van der Waals surface area contributed by atoms with Gasteiger partial charge in [-0.1, -0.05) is 41.6 Å². The van der Waals surface area contributed by atoms with Gasteiger partial charge in [-0.3, -0.25) is 9.59 Å². The number of rotatable bonds is 9. The third-order valence-corrected chi connectivity index (χ3v) is 6.32. The molecular formula is C25H29ClN2O5. The van der Waals surface area contributed by atoms with Gasteiger partial charge in [0.05, 0.1) is 46.4 Å². The number of likely N-dealkylation sites (tertiary alicyclic amines) is 1. The van der Waals surface area contributed by atoms with Crippen LogP contribution in [-0.4, -0.2) is 57.0 Å². The molecule has 0 bridgehead atoms. The van der Waals surface area contributed by atoms with Crippen LogP contribution in [0.15, 0.2) is 48.0 Å². The van der Waals surface area contributed by atoms with Crippen LogP contribution >= 0.6 is 11.6 Å². The number of amides is 1. The van der Waals surface area contributed by atoms with Crippen molar-refractivity contribution in [1.82, 2.24) is 4.90 Å². The lowest BCUT2D eigenvalue weighted by Crippen LogP contribution is -3.12. The van der Waals surface area contributed by atoms with E-state index in [4.69, 9.17) is 21.1 Å². The first kappa shape index (κ1) is 24.6. The minimum Gasteiger partial charge on any atom is -0.872 e. The van der Waals surface area contributed by atoms with Gasteiger partial charge in [-0.25, -0.2) is 0 Å². The zero-order chi connectivity index (χ0) is 24.1. The topological polar surface area (TPSA) is 83.3 Å². The zero-order valence-corrected chi connectivity index (χ0v) is 20.1. The highest BCUT2D eigenvalue weighted by atomic mass is 35.5. The number of benzene rings is 2. The number of ketones is 1. The summed E-state index contributed by atoms with van der Waals surface area (Å²) in [5.74, 6) is -1.14. The average molecular weight is 473 g/mol. The van der Waals surface area contributed by atoms with E-state index in [1.165, 1.54) is 24.0 Å². The Morgan fingerprint density at radius 1 is 1.06 bits per heavy atom. The number of halogens is 1. The summed E-state index contributed by atoms with van der Waals surface area (Å²) >= 11 is 5.97. The molecule has 2 aromatic rings. The van der Waals surface area contributed by atoms with Crippen LogP contribution in [0.5, 0.6) is 11.5 Å². The molecule has 1 amide bonds. The molecule has 176 valence electrons. The van der Waals surface area contributed by atoms with E-state index in [1.807, 2.05) is 0 Å². The smallest absolute Gasteiger partial charge is 0.295 e. The van der Waals surface area contributed by atoms with Crippen LogP contribution in [0, 0.1) is 0 Å². The molecule has 3 rings (SSSR count). The number of nitrogens with zero attached hydrogens (tertiary/aromatic N) is 1. The number of hydrogen-bond donors (Lipinski definition) is 1. The predicted molar refractivity (Wildman–Crippen MR) is 124 cm³/mol. The van der Waals surface area contributed by atoms with Crippen LogP contribution in [0.1, 0.15) is 31.0 Å². The van der Waals surface area contributed by atoms with Crippen molar-refractivity contribution >= 4 is 29.1 Å². The molecule has 1 saturated heterocycles. The molecule has 1 aliphatic heterocycles. The molecule has 1 N–H and O–H groups in total. The Hall–Kier alpha value is -3.03. The standard InChI is InChI=1S/C25H29ClN2O5/c1-5-27(6-2)14-15-28-21(18-8-7-9-19(32-3)24(18)33-4)20(23(30)25(28)31)22(29)16-10-12-17(26)13-11-16/h7-13,21,29H,5-6,14-15H2,1-4H3. The Labute approximate surface area is 199 Å². The number of carbonyl (C=O) groups is 2. The number of hydrogen-bond acceptors (Lipinski definition) is 5. The Morgan fingerprint density at radius 2 is 1.73 bits per heavy atom. The highest BCUT2D eigenvalue weighted by Crippen LogP contribution is 2.44. The summed E-state index contributed by atoms with van der Waals surface area (Å²) in [7, 11) is 3.00. The molecule has 8 heteroatoms. The first-order valence-electron chi connectivity index (χ1n) is 10.9. The van der Waals surface area contributed by atoms with E-state index in [-0.39, 0.29) is 5.57 Å². The molecule has 33 heavy (non-hydrogen) atoms. The minimum atomic E-state index is -0.881. The fourth-order valence-electron chi connectivity index (χ4n) is 4.19. The lowest BCUT2D eigenvalue weighted by atomic mass is 9.94. The van der Waals surface area contributed by atoms with E-state index < -0.39 is 23.5 Å². The molecule has 7 nitrogen and oxygen atoms in total. The quantitative estimate of drug-likeness (QED) is 0.340. The Morgan fingerprint density at radius 3 is 2.30 bits per heavy atom. The predicted octanol–water partition coefficient (Wildman–Crippen LogP) is 1.51. The average Bonchev–Trinajstić information content (AvgIpc) is 3.08. The molecule has 0 aromatic heterocycles. The monoisotopic (exact) mass is 472 g/mol. The first-order valence-corrected chi connectivity index (χ1v) is 11.3. The van der Waals surface area contributed by atoms with Gasteiger partial charge >= 0.3 is 0 Å². The fraction of sp³-hybridized carbons (Fsp3) is 0.360. The van der Waals surface area contributed by atoms with Crippen molar-refractivity contribution < 1.29 is 29.1 Å². The molecule has 1 unspecified atom stereocenters. The maximum absolute atomic E-state index is 13.5. The summed E-state index contributed by atoms with van der Waals surface area (Å²) in [6.07, 6.45) is 0.